The molecule has 0 saturated heterocycles. The molecule has 0 unspecified atom stereocenters. The van der Waals surface area contributed by atoms with Crippen molar-refractivity contribution in [2.45, 2.75) is 6.42 Å². The van der Waals surface area contributed by atoms with Crippen molar-refractivity contribution >= 4 is 23.6 Å². The third kappa shape index (κ3) is 7.36. The third-order valence-electron chi connectivity index (χ3n) is 0.915. The largest absolute Gasteiger partial charge is 0.479 e. The Morgan fingerprint density at radius 1 is 1.58 bits per heavy atom. The lowest BCUT2D eigenvalue weighted by molar-refractivity contribution is -0.149. The van der Waals surface area contributed by atoms with Crippen molar-refractivity contribution < 1.29 is 19.5 Å². The fourth-order valence-electron chi connectivity index (χ4n) is 0.424. The van der Waals surface area contributed by atoms with Gasteiger partial charge in [-0.2, -0.15) is 11.8 Å². The van der Waals surface area contributed by atoms with Crippen LogP contribution in [0.2, 0.25) is 0 Å². The van der Waals surface area contributed by atoms with E-state index in [-0.39, 0.29) is 5.91 Å². The smallest absolute Gasteiger partial charge is 0.332 e. The summed E-state index contributed by atoms with van der Waals surface area (Å²) in [5.41, 5.74) is 2.02. The number of thioether (sulfide) groups is 1. The standard InChI is InChI=1S/C6H11NO4S/c1-12-3-2-5(8)7-11-4-6(9)10/h2-4H2,1H3,(H,7,8)(H,9,10). The molecule has 2 N–H and O–H groups in total. The molecular formula is C6H11NO4S. The van der Waals surface area contributed by atoms with E-state index in [1.807, 2.05) is 11.7 Å². The number of nitrogens with one attached hydrogen (secondary N) is 1. The van der Waals surface area contributed by atoms with E-state index in [4.69, 9.17) is 5.11 Å². The van der Waals surface area contributed by atoms with Gasteiger partial charge in [-0.1, -0.05) is 0 Å². The van der Waals surface area contributed by atoms with Crippen molar-refractivity contribution in [2.24, 2.45) is 0 Å². The Morgan fingerprint density at radius 3 is 2.75 bits per heavy atom. The predicted octanol–water partition coefficient (Wildman–Crippen LogP) is -0.128. The van der Waals surface area contributed by atoms with Crippen molar-refractivity contribution in [3.63, 3.8) is 0 Å². The summed E-state index contributed by atoms with van der Waals surface area (Å²) < 4.78 is 0. The molecule has 6 heteroatoms. The molecule has 1 amide bonds. The zero-order chi connectivity index (χ0) is 9.40. The van der Waals surface area contributed by atoms with Crippen LogP contribution in [0, 0.1) is 0 Å². The Hall–Kier alpha value is -0.750. The maximum atomic E-state index is 10.7. The van der Waals surface area contributed by atoms with E-state index in [0.717, 1.165) is 0 Å². The molecule has 0 aliphatic heterocycles. The number of hydrogen-bond donors (Lipinski definition) is 2. The molecule has 0 fully saturated rings. The van der Waals surface area contributed by atoms with Gasteiger partial charge in [-0.05, 0) is 6.26 Å². The highest BCUT2D eigenvalue weighted by molar-refractivity contribution is 7.98. The molecule has 0 rings (SSSR count). The fraction of sp³-hybridized carbons (Fsp3) is 0.667. The average molecular weight is 193 g/mol. The van der Waals surface area contributed by atoms with Gasteiger partial charge >= 0.3 is 5.97 Å². The zero-order valence-corrected chi connectivity index (χ0v) is 7.52. The lowest BCUT2D eigenvalue weighted by Gasteiger charge is -2.01. The molecule has 0 radical (unpaired) electrons. The minimum atomic E-state index is -1.11. The van der Waals surface area contributed by atoms with Gasteiger partial charge in [0.2, 0.25) is 5.91 Å². The van der Waals surface area contributed by atoms with Crippen molar-refractivity contribution in [2.75, 3.05) is 18.6 Å². The van der Waals surface area contributed by atoms with Gasteiger partial charge in [-0.3, -0.25) is 9.63 Å². The molecule has 0 heterocycles. The first-order valence-corrected chi connectivity index (χ1v) is 4.67. The number of carboxylic acid groups (broad SMARTS) is 1. The van der Waals surface area contributed by atoms with Crippen molar-refractivity contribution in [1.29, 1.82) is 0 Å². The number of aliphatic carboxylic acids is 1. The van der Waals surface area contributed by atoms with Crippen LogP contribution in [-0.2, 0) is 14.4 Å². The summed E-state index contributed by atoms with van der Waals surface area (Å²) in [5, 5.41) is 8.12. The minimum absolute atomic E-state index is 0.300. The monoisotopic (exact) mass is 193 g/mol. The number of carbonyl (C=O) groups is 2. The van der Waals surface area contributed by atoms with Gasteiger partial charge < -0.3 is 5.11 Å². The molecule has 70 valence electrons. The highest BCUT2D eigenvalue weighted by Gasteiger charge is 2.01. The van der Waals surface area contributed by atoms with Gasteiger partial charge in [0.1, 0.15) is 0 Å². The molecule has 0 aromatic carbocycles. The van der Waals surface area contributed by atoms with Gasteiger partial charge in [0.15, 0.2) is 6.61 Å². The van der Waals surface area contributed by atoms with Crippen LogP contribution in [0.1, 0.15) is 6.42 Å². The van der Waals surface area contributed by atoms with Crippen LogP contribution in [0.15, 0.2) is 0 Å². The van der Waals surface area contributed by atoms with Gasteiger partial charge in [-0.25, -0.2) is 10.3 Å². The van der Waals surface area contributed by atoms with Crippen molar-refractivity contribution in [1.82, 2.24) is 5.48 Å². The molecule has 5 nitrogen and oxygen atoms in total. The highest BCUT2D eigenvalue weighted by Crippen LogP contribution is 1.94. The molecular weight excluding hydrogens is 182 g/mol. The Kier molecular flexibility index (Phi) is 6.50. The Bertz CT molecular complexity index is 162. The van der Waals surface area contributed by atoms with Crippen LogP contribution < -0.4 is 5.48 Å². The first-order chi connectivity index (χ1) is 5.66. The number of rotatable bonds is 6. The van der Waals surface area contributed by atoms with E-state index in [0.29, 0.717) is 12.2 Å². The average Bonchev–Trinajstić information content (AvgIpc) is 2.00. The molecule has 0 atom stereocenters. The number of carboxylic acids is 1. The summed E-state index contributed by atoms with van der Waals surface area (Å²) >= 11 is 1.54. The van der Waals surface area contributed by atoms with Crippen LogP contribution >= 0.6 is 11.8 Å². The topological polar surface area (TPSA) is 75.6 Å². The molecule has 0 bridgehead atoms. The van der Waals surface area contributed by atoms with Gasteiger partial charge in [0.05, 0.1) is 0 Å². The normalized spacial score (nSPS) is 9.42. The van der Waals surface area contributed by atoms with Crippen LogP contribution in [0.4, 0.5) is 0 Å². The summed E-state index contributed by atoms with van der Waals surface area (Å²) in [5.74, 6) is -0.715. The van der Waals surface area contributed by atoms with Gasteiger partial charge in [-0.15, -0.1) is 0 Å². The van der Waals surface area contributed by atoms with Crippen molar-refractivity contribution in [3.8, 4) is 0 Å². The summed E-state index contributed by atoms with van der Waals surface area (Å²) in [6.07, 6.45) is 2.21. The maximum Gasteiger partial charge on any atom is 0.332 e. The highest BCUT2D eigenvalue weighted by atomic mass is 32.2. The van der Waals surface area contributed by atoms with Gasteiger partial charge in [0, 0.05) is 12.2 Å². The Morgan fingerprint density at radius 2 is 2.25 bits per heavy atom. The van der Waals surface area contributed by atoms with E-state index in [1.54, 1.807) is 0 Å². The number of carbonyl (C=O) groups excluding carboxylic acids is 1. The summed E-state index contributed by atoms with van der Waals surface area (Å²) in [6.45, 7) is -0.509. The predicted molar refractivity (Wildman–Crippen MR) is 44.7 cm³/mol. The second kappa shape index (κ2) is 6.93. The minimum Gasteiger partial charge on any atom is -0.479 e. The first-order valence-electron chi connectivity index (χ1n) is 3.28. The lowest BCUT2D eigenvalue weighted by atomic mass is 10.5. The fourth-order valence-corrected chi connectivity index (χ4v) is 0.814. The van der Waals surface area contributed by atoms with Crippen molar-refractivity contribution in [3.05, 3.63) is 0 Å². The summed E-state index contributed by atoms with van der Waals surface area (Å²) in [6, 6.07) is 0. The second-order valence-corrected chi connectivity index (χ2v) is 2.94. The summed E-state index contributed by atoms with van der Waals surface area (Å²) in [4.78, 5) is 25.0. The van der Waals surface area contributed by atoms with E-state index < -0.39 is 12.6 Å². The molecule has 0 aliphatic carbocycles. The van der Waals surface area contributed by atoms with Crippen LogP contribution in [0.3, 0.4) is 0 Å². The Labute approximate surface area is 74.4 Å². The summed E-state index contributed by atoms with van der Waals surface area (Å²) in [7, 11) is 0. The SMILES string of the molecule is CSCCC(=O)NOCC(=O)O. The molecule has 0 aromatic rings. The van der Waals surface area contributed by atoms with Crippen LogP contribution in [0.25, 0.3) is 0 Å². The molecule has 0 spiro atoms. The lowest BCUT2D eigenvalue weighted by Crippen LogP contribution is -2.26. The number of hydroxylamine groups is 1. The molecule has 0 saturated carbocycles. The van der Waals surface area contributed by atoms with Crippen LogP contribution in [-0.4, -0.2) is 35.6 Å². The molecule has 0 aromatic heterocycles. The molecule has 12 heavy (non-hydrogen) atoms. The van der Waals surface area contributed by atoms with E-state index in [2.05, 4.69) is 4.84 Å². The number of amides is 1. The third-order valence-corrected chi connectivity index (χ3v) is 1.53. The first kappa shape index (κ1) is 11.2. The van der Waals surface area contributed by atoms with E-state index in [9.17, 15) is 9.59 Å². The molecule has 0 aliphatic rings. The Balaban J connectivity index is 3.25. The zero-order valence-electron chi connectivity index (χ0n) is 6.70. The van der Waals surface area contributed by atoms with E-state index in [1.165, 1.54) is 11.8 Å². The van der Waals surface area contributed by atoms with E-state index >= 15 is 0 Å². The quantitative estimate of drug-likeness (QED) is 0.575. The maximum absolute atomic E-state index is 10.7. The van der Waals surface area contributed by atoms with Crippen LogP contribution in [0.5, 0.6) is 0 Å². The van der Waals surface area contributed by atoms with Gasteiger partial charge in [0.25, 0.3) is 0 Å². The number of hydrogen-bond acceptors (Lipinski definition) is 4. The second-order valence-electron chi connectivity index (χ2n) is 1.95.